The Kier molecular flexibility index (Phi) is 8.04. The molecule has 4 heteroatoms. The number of rotatable bonds is 6. The Bertz CT molecular complexity index is 138. The van der Waals surface area contributed by atoms with Gasteiger partial charge in [-0.05, 0) is 25.1 Å². The van der Waals surface area contributed by atoms with Crippen LogP contribution in [0, 0.1) is 0 Å². The molecule has 0 aromatic carbocycles. The zero-order valence-corrected chi connectivity index (χ0v) is 9.54. The summed E-state index contributed by atoms with van der Waals surface area (Å²) in [5.74, 6) is 0. The van der Waals surface area contributed by atoms with Crippen molar-refractivity contribution < 1.29 is 4.74 Å². The summed E-state index contributed by atoms with van der Waals surface area (Å²) < 4.78 is 5.14. The minimum atomic E-state index is 0.0293. The molecule has 78 valence electrons. The van der Waals surface area contributed by atoms with Crippen LogP contribution in [0.15, 0.2) is 0 Å². The van der Waals surface area contributed by atoms with Gasteiger partial charge in [-0.15, -0.1) is 0 Å². The van der Waals surface area contributed by atoms with Crippen molar-refractivity contribution in [3.05, 3.63) is 0 Å². The molecule has 0 rings (SSSR count). The Morgan fingerprint density at radius 3 is 2.62 bits per heavy atom. The van der Waals surface area contributed by atoms with Crippen LogP contribution in [0.4, 0.5) is 0 Å². The fraction of sp³-hybridized carbons (Fsp3) is 0.889. The Morgan fingerprint density at radius 2 is 2.15 bits per heavy atom. The SMILES string of the molecule is CCCCNC(=S)NC(CC)OC. The standard InChI is InChI=1S/C9H20N2OS/c1-4-6-7-10-9(13)11-8(5-2)12-3/h8H,4-7H2,1-3H3,(H2,10,11,13). The molecular weight excluding hydrogens is 184 g/mol. The van der Waals surface area contributed by atoms with Gasteiger partial charge in [0.2, 0.25) is 0 Å². The molecule has 13 heavy (non-hydrogen) atoms. The molecule has 0 fully saturated rings. The van der Waals surface area contributed by atoms with Gasteiger partial charge >= 0.3 is 0 Å². The number of thiocarbonyl (C=S) groups is 1. The second-order valence-electron chi connectivity index (χ2n) is 2.89. The van der Waals surface area contributed by atoms with Crippen LogP contribution >= 0.6 is 12.2 Å². The van der Waals surface area contributed by atoms with Crippen molar-refractivity contribution >= 4 is 17.3 Å². The molecule has 3 nitrogen and oxygen atoms in total. The summed E-state index contributed by atoms with van der Waals surface area (Å²) in [6.07, 6.45) is 3.26. The van der Waals surface area contributed by atoms with Gasteiger partial charge in [0.05, 0.1) is 0 Å². The van der Waals surface area contributed by atoms with Gasteiger partial charge in [0.1, 0.15) is 6.23 Å². The third-order valence-electron chi connectivity index (χ3n) is 1.76. The van der Waals surface area contributed by atoms with E-state index in [1.54, 1.807) is 7.11 Å². The highest BCUT2D eigenvalue weighted by Crippen LogP contribution is 1.90. The van der Waals surface area contributed by atoms with Gasteiger partial charge in [-0.2, -0.15) is 0 Å². The van der Waals surface area contributed by atoms with E-state index in [0.29, 0.717) is 5.11 Å². The van der Waals surface area contributed by atoms with E-state index in [2.05, 4.69) is 24.5 Å². The molecule has 0 radical (unpaired) electrons. The van der Waals surface area contributed by atoms with Gasteiger partial charge in [0, 0.05) is 13.7 Å². The summed E-state index contributed by atoms with van der Waals surface area (Å²) in [5, 5.41) is 6.88. The lowest BCUT2D eigenvalue weighted by Crippen LogP contribution is -2.42. The zero-order chi connectivity index (χ0) is 10.1. The first-order valence-corrected chi connectivity index (χ1v) is 5.22. The summed E-state index contributed by atoms with van der Waals surface area (Å²) in [6.45, 7) is 5.14. The van der Waals surface area contributed by atoms with Crippen LogP contribution < -0.4 is 10.6 Å². The average molecular weight is 204 g/mol. The molecule has 0 heterocycles. The molecule has 0 aromatic heterocycles. The monoisotopic (exact) mass is 204 g/mol. The second kappa shape index (κ2) is 8.26. The summed E-state index contributed by atoms with van der Waals surface area (Å²) in [7, 11) is 1.68. The van der Waals surface area contributed by atoms with Crippen LogP contribution in [0.2, 0.25) is 0 Å². The van der Waals surface area contributed by atoms with E-state index >= 15 is 0 Å². The van der Waals surface area contributed by atoms with Crippen LogP contribution in [0.25, 0.3) is 0 Å². The number of hydrogen-bond donors (Lipinski definition) is 2. The third kappa shape index (κ3) is 6.78. The molecular formula is C9H20N2OS. The fourth-order valence-electron chi connectivity index (χ4n) is 0.904. The highest BCUT2D eigenvalue weighted by Gasteiger charge is 2.03. The molecule has 0 aliphatic carbocycles. The molecule has 2 N–H and O–H groups in total. The minimum Gasteiger partial charge on any atom is -0.363 e. The molecule has 0 saturated carbocycles. The van der Waals surface area contributed by atoms with Crippen molar-refractivity contribution in [1.29, 1.82) is 0 Å². The lowest BCUT2D eigenvalue weighted by atomic mass is 10.3. The van der Waals surface area contributed by atoms with Crippen LogP contribution in [0.3, 0.4) is 0 Å². The first-order chi connectivity index (χ1) is 6.24. The predicted octanol–water partition coefficient (Wildman–Crippen LogP) is 1.63. The van der Waals surface area contributed by atoms with Gasteiger partial charge < -0.3 is 15.4 Å². The first-order valence-electron chi connectivity index (χ1n) is 4.81. The number of methoxy groups -OCH3 is 1. The van der Waals surface area contributed by atoms with Crippen LogP contribution in [-0.4, -0.2) is 25.0 Å². The Hall–Kier alpha value is -0.350. The Morgan fingerprint density at radius 1 is 1.46 bits per heavy atom. The summed E-state index contributed by atoms with van der Waals surface area (Å²) in [5.41, 5.74) is 0. The number of nitrogens with one attached hydrogen (secondary N) is 2. The molecule has 0 spiro atoms. The van der Waals surface area contributed by atoms with Crippen LogP contribution in [-0.2, 0) is 4.74 Å². The predicted molar refractivity (Wildman–Crippen MR) is 59.7 cm³/mol. The quantitative estimate of drug-likeness (QED) is 0.391. The van der Waals surface area contributed by atoms with E-state index in [9.17, 15) is 0 Å². The highest BCUT2D eigenvalue weighted by molar-refractivity contribution is 7.80. The minimum absolute atomic E-state index is 0.0293. The van der Waals surface area contributed by atoms with Crippen molar-refractivity contribution in [2.75, 3.05) is 13.7 Å². The summed E-state index contributed by atoms with van der Waals surface area (Å²) >= 11 is 5.07. The molecule has 0 saturated heterocycles. The van der Waals surface area contributed by atoms with Crippen LogP contribution in [0.5, 0.6) is 0 Å². The van der Waals surface area contributed by atoms with E-state index in [4.69, 9.17) is 17.0 Å². The maximum absolute atomic E-state index is 5.14. The van der Waals surface area contributed by atoms with Crippen molar-refractivity contribution in [3.8, 4) is 0 Å². The van der Waals surface area contributed by atoms with Crippen molar-refractivity contribution in [2.24, 2.45) is 0 Å². The maximum atomic E-state index is 5.14. The summed E-state index contributed by atoms with van der Waals surface area (Å²) in [6, 6.07) is 0. The number of ether oxygens (including phenoxy) is 1. The average Bonchev–Trinajstić information content (AvgIpc) is 2.14. The molecule has 0 amide bonds. The lowest BCUT2D eigenvalue weighted by Gasteiger charge is -2.17. The topological polar surface area (TPSA) is 33.3 Å². The fourth-order valence-corrected chi connectivity index (χ4v) is 1.14. The summed E-state index contributed by atoms with van der Waals surface area (Å²) in [4.78, 5) is 0. The van der Waals surface area contributed by atoms with E-state index in [-0.39, 0.29) is 6.23 Å². The van der Waals surface area contributed by atoms with E-state index in [1.165, 1.54) is 6.42 Å². The van der Waals surface area contributed by atoms with Gasteiger partial charge in [-0.1, -0.05) is 20.3 Å². The Balaban J connectivity index is 3.48. The lowest BCUT2D eigenvalue weighted by molar-refractivity contribution is 0.0875. The smallest absolute Gasteiger partial charge is 0.168 e. The molecule has 0 aromatic rings. The Labute approximate surface area is 86.2 Å². The number of unbranched alkanes of at least 4 members (excludes halogenated alkanes) is 1. The largest absolute Gasteiger partial charge is 0.363 e. The molecule has 1 atom stereocenters. The van der Waals surface area contributed by atoms with Gasteiger partial charge in [-0.3, -0.25) is 0 Å². The van der Waals surface area contributed by atoms with Gasteiger partial charge in [0.25, 0.3) is 0 Å². The molecule has 0 aliphatic rings. The van der Waals surface area contributed by atoms with E-state index in [0.717, 1.165) is 19.4 Å². The molecule has 0 aliphatic heterocycles. The second-order valence-corrected chi connectivity index (χ2v) is 3.29. The van der Waals surface area contributed by atoms with E-state index in [1.807, 2.05) is 0 Å². The van der Waals surface area contributed by atoms with Crippen LogP contribution in [0.1, 0.15) is 33.1 Å². The zero-order valence-electron chi connectivity index (χ0n) is 8.72. The van der Waals surface area contributed by atoms with Gasteiger partial charge in [0.15, 0.2) is 5.11 Å². The van der Waals surface area contributed by atoms with E-state index < -0.39 is 0 Å². The maximum Gasteiger partial charge on any atom is 0.168 e. The molecule has 1 unspecified atom stereocenters. The third-order valence-corrected chi connectivity index (χ3v) is 2.03. The first kappa shape index (κ1) is 12.7. The molecule has 0 bridgehead atoms. The van der Waals surface area contributed by atoms with Gasteiger partial charge in [-0.25, -0.2) is 0 Å². The van der Waals surface area contributed by atoms with Crippen molar-refractivity contribution in [2.45, 2.75) is 39.3 Å². The van der Waals surface area contributed by atoms with Crippen molar-refractivity contribution in [1.82, 2.24) is 10.6 Å². The number of hydrogen-bond acceptors (Lipinski definition) is 2. The van der Waals surface area contributed by atoms with Crippen molar-refractivity contribution in [3.63, 3.8) is 0 Å². The normalized spacial score (nSPS) is 12.2. The highest BCUT2D eigenvalue weighted by atomic mass is 32.1.